The lowest BCUT2D eigenvalue weighted by atomic mass is 10.0. The first-order chi connectivity index (χ1) is 9.20. The van der Waals surface area contributed by atoms with Gasteiger partial charge in [-0.1, -0.05) is 22.0 Å². The van der Waals surface area contributed by atoms with Gasteiger partial charge in [-0.3, -0.25) is 0 Å². The van der Waals surface area contributed by atoms with Gasteiger partial charge in [0.2, 0.25) is 0 Å². The maximum atomic E-state index is 5.77. The molecule has 2 nitrogen and oxygen atoms in total. The molecule has 0 amide bonds. The SMILES string of the molecule is COc1ccc(C(Br)CCC2CCCCO2)cc1Br. The lowest BCUT2D eigenvalue weighted by molar-refractivity contribution is 0.0102. The summed E-state index contributed by atoms with van der Waals surface area (Å²) in [7, 11) is 1.69. The van der Waals surface area contributed by atoms with Crippen molar-refractivity contribution in [3.8, 4) is 5.75 Å². The maximum Gasteiger partial charge on any atom is 0.133 e. The Morgan fingerprint density at radius 2 is 2.26 bits per heavy atom. The van der Waals surface area contributed by atoms with Gasteiger partial charge in [0, 0.05) is 11.4 Å². The predicted molar refractivity (Wildman–Crippen MR) is 85.2 cm³/mol. The highest BCUT2D eigenvalue weighted by molar-refractivity contribution is 9.10. The van der Waals surface area contributed by atoms with E-state index in [1.807, 2.05) is 6.07 Å². The van der Waals surface area contributed by atoms with E-state index in [0.29, 0.717) is 10.9 Å². The van der Waals surface area contributed by atoms with Gasteiger partial charge in [0.25, 0.3) is 0 Å². The van der Waals surface area contributed by atoms with Crippen LogP contribution in [0.2, 0.25) is 0 Å². The quantitative estimate of drug-likeness (QED) is 0.638. The first-order valence-electron chi connectivity index (χ1n) is 6.80. The highest BCUT2D eigenvalue weighted by Gasteiger charge is 2.17. The second-order valence-corrected chi connectivity index (χ2v) is 6.89. The number of methoxy groups -OCH3 is 1. The molecule has 0 spiro atoms. The molecule has 106 valence electrons. The first kappa shape index (κ1) is 15.3. The Kier molecular flexibility index (Phi) is 6.17. The van der Waals surface area contributed by atoms with Crippen LogP contribution in [0.4, 0.5) is 0 Å². The molecule has 0 N–H and O–H groups in total. The molecule has 1 heterocycles. The van der Waals surface area contributed by atoms with Gasteiger partial charge in [0.1, 0.15) is 5.75 Å². The molecule has 1 aromatic rings. The molecule has 2 unspecified atom stereocenters. The molecule has 4 heteroatoms. The topological polar surface area (TPSA) is 18.5 Å². The van der Waals surface area contributed by atoms with Crippen LogP contribution in [0.1, 0.15) is 42.5 Å². The molecule has 1 saturated heterocycles. The predicted octanol–water partition coefficient (Wildman–Crippen LogP) is 5.24. The van der Waals surface area contributed by atoms with E-state index in [0.717, 1.165) is 29.7 Å². The molecular weight excluding hydrogens is 372 g/mol. The summed E-state index contributed by atoms with van der Waals surface area (Å²) in [5.74, 6) is 0.874. The summed E-state index contributed by atoms with van der Waals surface area (Å²) < 4.78 is 12.0. The van der Waals surface area contributed by atoms with Crippen molar-refractivity contribution in [3.63, 3.8) is 0 Å². The fourth-order valence-electron chi connectivity index (χ4n) is 2.41. The standard InChI is InChI=1S/C15H20Br2O2/c1-18-15-8-5-11(10-14(15)17)13(16)7-6-12-4-2-3-9-19-12/h5,8,10,12-13H,2-4,6-7,9H2,1H3. The number of hydrogen-bond donors (Lipinski definition) is 0. The maximum absolute atomic E-state index is 5.77. The van der Waals surface area contributed by atoms with Crippen LogP contribution in [-0.2, 0) is 4.74 Å². The van der Waals surface area contributed by atoms with Gasteiger partial charge in [-0.2, -0.15) is 0 Å². The number of alkyl halides is 1. The number of hydrogen-bond acceptors (Lipinski definition) is 2. The number of halogens is 2. The molecule has 0 bridgehead atoms. The molecule has 2 atom stereocenters. The summed E-state index contributed by atoms with van der Waals surface area (Å²) in [5, 5.41) is 0. The van der Waals surface area contributed by atoms with Gasteiger partial charge in [-0.05, 0) is 65.7 Å². The van der Waals surface area contributed by atoms with Crippen LogP contribution in [0.25, 0.3) is 0 Å². The Bertz CT molecular complexity index is 403. The Morgan fingerprint density at radius 1 is 1.42 bits per heavy atom. The van der Waals surface area contributed by atoms with Crippen LogP contribution in [0.3, 0.4) is 0 Å². The highest BCUT2D eigenvalue weighted by Crippen LogP contribution is 2.34. The van der Waals surface area contributed by atoms with Crippen LogP contribution in [0.5, 0.6) is 5.75 Å². The minimum Gasteiger partial charge on any atom is -0.496 e. The van der Waals surface area contributed by atoms with E-state index in [9.17, 15) is 0 Å². The third kappa shape index (κ3) is 4.47. The summed E-state index contributed by atoms with van der Waals surface area (Å²) in [6.45, 7) is 0.936. The van der Waals surface area contributed by atoms with E-state index in [2.05, 4.69) is 44.0 Å². The van der Waals surface area contributed by atoms with Gasteiger partial charge in [0.05, 0.1) is 17.7 Å². The van der Waals surface area contributed by atoms with E-state index in [-0.39, 0.29) is 0 Å². The molecule has 19 heavy (non-hydrogen) atoms. The van der Waals surface area contributed by atoms with Crippen molar-refractivity contribution in [1.82, 2.24) is 0 Å². The van der Waals surface area contributed by atoms with E-state index >= 15 is 0 Å². The zero-order valence-electron chi connectivity index (χ0n) is 11.2. The monoisotopic (exact) mass is 390 g/mol. The average molecular weight is 392 g/mol. The lowest BCUT2D eigenvalue weighted by Crippen LogP contribution is -2.19. The largest absolute Gasteiger partial charge is 0.496 e. The van der Waals surface area contributed by atoms with Gasteiger partial charge >= 0.3 is 0 Å². The average Bonchev–Trinajstić information content (AvgIpc) is 2.45. The third-order valence-electron chi connectivity index (χ3n) is 3.55. The molecule has 1 fully saturated rings. The molecule has 1 aliphatic rings. The Balaban J connectivity index is 1.88. The van der Waals surface area contributed by atoms with Gasteiger partial charge in [0.15, 0.2) is 0 Å². The van der Waals surface area contributed by atoms with Crippen molar-refractivity contribution in [3.05, 3.63) is 28.2 Å². The molecule has 2 rings (SSSR count). The zero-order valence-corrected chi connectivity index (χ0v) is 14.4. The summed E-state index contributed by atoms with van der Waals surface area (Å²) in [4.78, 5) is 0.375. The Hall–Kier alpha value is -0.0600. The first-order valence-corrected chi connectivity index (χ1v) is 8.50. The Labute approximate surface area is 132 Å². The molecule has 0 radical (unpaired) electrons. The number of benzene rings is 1. The highest BCUT2D eigenvalue weighted by atomic mass is 79.9. The van der Waals surface area contributed by atoms with Crippen molar-refractivity contribution < 1.29 is 9.47 Å². The van der Waals surface area contributed by atoms with Crippen molar-refractivity contribution in [1.29, 1.82) is 0 Å². The van der Waals surface area contributed by atoms with Crippen LogP contribution in [0, 0.1) is 0 Å². The third-order valence-corrected chi connectivity index (χ3v) is 5.16. The smallest absolute Gasteiger partial charge is 0.133 e. The molecule has 0 aliphatic carbocycles. The van der Waals surface area contributed by atoms with Crippen molar-refractivity contribution in [2.75, 3.05) is 13.7 Å². The second kappa shape index (κ2) is 7.65. The molecular formula is C15H20Br2O2. The normalized spacial score (nSPS) is 21.1. The minimum atomic E-state index is 0.375. The van der Waals surface area contributed by atoms with Crippen molar-refractivity contribution >= 4 is 31.9 Å². The summed E-state index contributed by atoms with van der Waals surface area (Å²) in [6.07, 6.45) is 6.43. The van der Waals surface area contributed by atoms with E-state index < -0.39 is 0 Å². The van der Waals surface area contributed by atoms with Crippen LogP contribution < -0.4 is 4.74 Å². The van der Waals surface area contributed by atoms with Crippen molar-refractivity contribution in [2.24, 2.45) is 0 Å². The molecule has 1 aliphatic heterocycles. The zero-order chi connectivity index (χ0) is 13.7. The lowest BCUT2D eigenvalue weighted by Gasteiger charge is -2.23. The van der Waals surface area contributed by atoms with E-state index in [4.69, 9.17) is 9.47 Å². The molecule has 0 saturated carbocycles. The number of ether oxygens (including phenoxy) is 2. The summed E-state index contributed by atoms with van der Waals surface area (Å²) in [6, 6.07) is 6.25. The molecule has 1 aromatic carbocycles. The fraction of sp³-hybridized carbons (Fsp3) is 0.600. The van der Waals surface area contributed by atoms with Gasteiger partial charge < -0.3 is 9.47 Å². The minimum absolute atomic E-state index is 0.375. The fourth-order valence-corrected chi connectivity index (χ4v) is 3.52. The van der Waals surface area contributed by atoms with Crippen LogP contribution in [-0.4, -0.2) is 19.8 Å². The van der Waals surface area contributed by atoms with Gasteiger partial charge in [-0.15, -0.1) is 0 Å². The number of rotatable bonds is 5. The van der Waals surface area contributed by atoms with Crippen molar-refractivity contribution in [2.45, 2.75) is 43.0 Å². The van der Waals surface area contributed by atoms with Crippen LogP contribution >= 0.6 is 31.9 Å². The van der Waals surface area contributed by atoms with Crippen LogP contribution in [0.15, 0.2) is 22.7 Å². The van der Waals surface area contributed by atoms with E-state index in [1.54, 1.807) is 7.11 Å². The van der Waals surface area contributed by atoms with E-state index in [1.165, 1.54) is 24.8 Å². The molecule has 0 aromatic heterocycles. The summed E-state index contributed by atoms with van der Waals surface area (Å²) >= 11 is 7.31. The summed E-state index contributed by atoms with van der Waals surface area (Å²) in [5.41, 5.74) is 1.28. The Morgan fingerprint density at radius 3 is 2.89 bits per heavy atom. The second-order valence-electron chi connectivity index (χ2n) is 4.93. The van der Waals surface area contributed by atoms with Gasteiger partial charge in [-0.25, -0.2) is 0 Å².